The van der Waals surface area contributed by atoms with E-state index in [9.17, 15) is 4.79 Å². The average Bonchev–Trinajstić information content (AvgIpc) is 2.66. The van der Waals surface area contributed by atoms with Gasteiger partial charge in [0.05, 0.1) is 18.8 Å². The molecule has 4 heteroatoms. The zero-order valence-corrected chi connectivity index (χ0v) is 10.3. The molecule has 1 amide bonds. The lowest BCUT2D eigenvalue weighted by atomic mass is 10.1. The second-order valence-corrected chi connectivity index (χ2v) is 4.91. The van der Waals surface area contributed by atoms with Gasteiger partial charge in [-0.05, 0) is 39.8 Å². The fraction of sp³-hybridized carbons (Fsp3) is 0.583. The van der Waals surface area contributed by atoms with Crippen LogP contribution < -0.4 is 10.6 Å². The van der Waals surface area contributed by atoms with Crippen molar-refractivity contribution < 1.29 is 9.21 Å². The number of rotatable bonds is 4. The third kappa shape index (κ3) is 4.49. The van der Waals surface area contributed by atoms with Gasteiger partial charge in [-0.25, -0.2) is 0 Å². The molecule has 0 bridgehead atoms. The number of amides is 1. The molecule has 0 aliphatic carbocycles. The van der Waals surface area contributed by atoms with E-state index in [1.165, 1.54) is 0 Å². The molecule has 1 rings (SSSR count). The summed E-state index contributed by atoms with van der Waals surface area (Å²) in [6, 6.07) is 3.57. The van der Waals surface area contributed by atoms with Crippen molar-refractivity contribution in [3.8, 4) is 0 Å². The zero-order chi connectivity index (χ0) is 12.2. The minimum absolute atomic E-state index is 0.0289. The number of hydrogen-bond acceptors (Lipinski definition) is 3. The molecule has 2 N–H and O–H groups in total. The predicted octanol–water partition coefficient (Wildman–Crippen LogP) is 1.84. The lowest BCUT2D eigenvalue weighted by molar-refractivity contribution is -0.121. The van der Waals surface area contributed by atoms with Crippen LogP contribution in [0.25, 0.3) is 0 Å². The molecule has 16 heavy (non-hydrogen) atoms. The fourth-order valence-electron chi connectivity index (χ4n) is 1.25. The van der Waals surface area contributed by atoms with E-state index in [0.29, 0.717) is 6.54 Å². The second-order valence-electron chi connectivity index (χ2n) is 4.91. The molecule has 0 saturated heterocycles. The van der Waals surface area contributed by atoms with E-state index in [1.807, 2.05) is 39.8 Å². The molecule has 0 aliphatic heterocycles. The highest BCUT2D eigenvalue weighted by Crippen LogP contribution is 2.11. The predicted molar refractivity (Wildman–Crippen MR) is 63.0 cm³/mol. The Labute approximate surface area is 96.4 Å². The normalized spacial score (nSPS) is 13.5. The maximum atomic E-state index is 11.6. The molecule has 1 heterocycles. The quantitative estimate of drug-likeness (QED) is 0.820. The first-order chi connectivity index (χ1) is 7.38. The maximum absolute atomic E-state index is 11.6. The van der Waals surface area contributed by atoms with Crippen molar-refractivity contribution in [3.63, 3.8) is 0 Å². The van der Waals surface area contributed by atoms with Crippen molar-refractivity contribution in [3.05, 3.63) is 24.2 Å². The van der Waals surface area contributed by atoms with Gasteiger partial charge in [0, 0.05) is 5.54 Å². The first-order valence-electron chi connectivity index (χ1n) is 5.46. The van der Waals surface area contributed by atoms with E-state index in [2.05, 4.69) is 10.6 Å². The molecular weight excluding hydrogens is 204 g/mol. The highest BCUT2D eigenvalue weighted by Gasteiger charge is 2.14. The van der Waals surface area contributed by atoms with Crippen molar-refractivity contribution in [1.82, 2.24) is 10.6 Å². The van der Waals surface area contributed by atoms with Crippen LogP contribution in [0.5, 0.6) is 0 Å². The van der Waals surface area contributed by atoms with Gasteiger partial charge in [0.2, 0.25) is 5.91 Å². The standard InChI is InChI=1S/C12H20N2O2/c1-9(10-6-5-7-16-10)14-11(15)8-13-12(2,3)4/h5-7,9,13H,8H2,1-4H3,(H,14,15)/t9-/m1/s1. The third-order valence-corrected chi connectivity index (χ3v) is 2.13. The molecule has 4 nitrogen and oxygen atoms in total. The number of carbonyl (C=O) groups excluding carboxylic acids is 1. The van der Waals surface area contributed by atoms with Gasteiger partial charge in [-0.15, -0.1) is 0 Å². The first kappa shape index (κ1) is 12.8. The largest absolute Gasteiger partial charge is 0.467 e. The van der Waals surface area contributed by atoms with Gasteiger partial charge in [0.25, 0.3) is 0 Å². The smallest absolute Gasteiger partial charge is 0.234 e. The Morgan fingerprint density at radius 3 is 2.69 bits per heavy atom. The highest BCUT2D eigenvalue weighted by atomic mass is 16.3. The van der Waals surface area contributed by atoms with Crippen LogP contribution in [-0.4, -0.2) is 18.0 Å². The first-order valence-corrected chi connectivity index (χ1v) is 5.46. The average molecular weight is 224 g/mol. The molecule has 90 valence electrons. The van der Waals surface area contributed by atoms with Gasteiger partial charge in [-0.3, -0.25) is 4.79 Å². The third-order valence-electron chi connectivity index (χ3n) is 2.13. The minimum atomic E-state index is -0.0933. The molecule has 0 saturated carbocycles. The summed E-state index contributed by atoms with van der Waals surface area (Å²) < 4.78 is 5.21. The summed E-state index contributed by atoms with van der Waals surface area (Å²) >= 11 is 0. The Balaban J connectivity index is 2.35. The fourth-order valence-corrected chi connectivity index (χ4v) is 1.25. The molecule has 1 aromatic rings. The van der Waals surface area contributed by atoms with Crippen LogP contribution in [-0.2, 0) is 4.79 Å². The summed E-state index contributed by atoms with van der Waals surface area (Å²) in [6.45, 7) is 8.28. The van der Waals surface area contributed by atoms with Crippen molar-refractivity contribution in [1.29, 1.82) is 0 Å². The summed E-state index contributed by atoms with van der Waals surface area (Å²) in [4.78, 5) is 11.6. The van der Waals surface area contributed by atoms with Crippen LogP contribution in [0.1, 0.15) is 39.5 Å². The number of furan rings is 1. The lowest BCUT2D eigenvalue weighted by Gasteiger charge is -2.20. The minimum Gasteiger partial charge on any atom is -0.467 e. The highest BCUT2D eigenvalue weighted by molar-refractivity contribution is 5.78. The molecule has 0 aliphatic rings. The molecule has 1 aromatic heterocycles. The molecule has 0 spiro atoms. The van der Waals surface area contributed by atoms with Crippen molar-refractivity contribution in [2.75, 3.05) is 6.54 Å². The van der Waals surface area contributed by atoms with Crippen LogP contribution in [0, 0.1) is 0 Å². The Kier molecular flexibility index (Phi) is 4.12. The summed E-state index contributed by atoms with van der Waals surface area (Å²) in [7, 11) is 0. The summed E-state index contributed by atoms with van der Waals surface area (Å²) in [5.41, 5.74) is -0.0503. The number of carbonyl (C=O) groups is 1. The van der Waals surface area contributed by atoms with E-state index in [1.54, 1.807) is 6.26 Å². The molecule has 1 atom stereocenters. The van der Waals surface area contributed by atoms with Crippen molar-refractivity contribution in [2.24, 2.45) is 0 Å². The van der Waals surface area contributed by atoms with Gasteiger partial charge in [-0.1, -0.05) is 0 Å². The molecular formula is C12H20N2O2. The van der Waals surface area contributed by atoms with Crippen LogP contribution in [0.4, 0.5) is 0 Å². The van der Waals surface area contributed by atoms with E-state index >= 15 is 0 Å². The monoisotopic (exact) mass is 224 g/mol. The van der Waals surface area contributed by atoms with Crippen molar-refractivity contribution >= 4 is 5.91 Å². The maximum Gasteiger partial charge on any atom is 0.234 e. The van der Waals surface area contributed by atoms with Crippen LogP contribution in [0.2, 0.25) is 0 Å². The van der Waals surface area contributed by atoms with E-state index in [0.717, 1.165) is 5.76 Å². The molecule has 0 aromatic carbocycles. The Bertz CT molecular complexity index is 325. The Morgan fingerprint density at radius 2 is 2.19 bits per heavy atom. The SMILES string of the molecule is C[C@@H](NC(=O)CNC(C)(C)C)c1ccco1. The van der Waals surface area contributed by atoms with Gasteiger partial charge in [-0.2, -0.15) is 0 Å². The van der Waals surface area contributed by atoms with Crippen LogP contribution in [0.15, 0.2) is 22.8 Å². The van der Waals surface area contributed by atoms with Crippen molar-refractivity contribution in [2.45, 2.75) is 39.3 Å². The number of hydrogen-bond donors (Lipinski definition) is 2. The topological polar surface area (TPSA) is 54.3 Å². The van der Waals surface area contributed by atoms with Gasteiger partial charge >= 0.3 is 0 Å². The van der Waals surface area contributed by atoms with Gasteiger partial charge < -0.3 is 15.1 Å². The second kappa shape index (κ2) is 5.16. The van der Waals surface area contributed by atoms with E-state index < -0.39 is 0 Å². The summed E-state index contributed by atoms with van der Waals surface area (Å²) in [6.07, 6.45) is 1.60. The van der Waals surface area contributed by atoms with E-state index in [4.69, 9.17) is 4.42 Å². The zero-order valence-electron chi connectivity index (χ0n) is 10.3. The van der Waals surface area contributed by atoms with Gasteiger partial charge in [0.15, 0.2) is 0 Å². The summed E-state index contributed by atoms with van der Waals surface area (Å²) in [5.74, 6) is 0.739. The van der Waals surface area contributed by atoms with Crippen LogP contribution >= 0.6 is 0 Å². The molecule has 0 unspecified atom stereocenters. The Hall–Kier alpha value is -1.29. The summed E-state index contributed by atoms with van der Waals surface area (Å²) in [5, 5.41) is 5.99. The van der Waals surface area contributed by atoms with E-state index in [-0.39, 0.29) is 17.5 Å². The van der Waals surface area contributed by atoms with Gasteiger partial charge in [0.1, 0.15) is 5.76 Å². The molecule has 0 fully saturated rings. The molecule has 0 radical (unpaired) electrons. The Morgan fingerprint density at radius 1 is 1.50 bits per heavy atom. The lowest BCUT2D eigenvalue weighted by Crippen LogP contribution is -2.43. The number of nitrogens with one attached hydrogen (secondary N) is 2. The van der Waals surface area contributed by atoms with Crippen LogP contribution in [0.3, 0.4) is 0 Å².